The number of esters is 1. The number of carbonyl (C=O) groups excluding carboxylic acids is 3. The fourth-order valence-corrected chi connectivity index (χ4v) is 1.84. The van der Waals surface area contributed by atoms with Crippen LogP contribution in [0.2, 0.25) is 0 Å². The number of hydrogen-bond acceptors (Lipinski definition) is 5. The highest BCUT2D eigenvalue weighted by Crippen LogP contribution is 2.21. The lowest BCUT2D eigenvalue weighted by Crippen LogP contribution is -2.50. The van der Waals surface area contributed by atoms with Crippen molar-refractivity contribution in [2.75, 3.05) is 7.11 Å². The molecule has 0 aromatic heterocycles. The van der Waals surface area contributed by atoms with E-state index in [0.29, 0.717) is 5.75 Å². The Morgan fingerprint density at radius 1 is 1.17 bits per heavy atom. The lowest BCUT2D eigenvalue weighted by molar-refractivity contribution is -0.127. The zero-order chi connectivity index (χ0) is 18.5. The zero-order valence-electron chi connectivity index (χ0n) is 14.9. The molecule has 0 fully saturated rings. The van der Waals surface area contributed by atoms with Crippen molar-refractivity contribution in [1.82, 2.24) is 10.6 Å². The summed E-state index contributed by atoms with van der Waals surface area (Å²) in [7, 11) is 1.44. The first-order valence-electron chi connectivity index (χ1n) is 7.52. The summed E-state index contributed by atoms with van der Waals surface area (Å²) in [6.45, 7) is 8.56. The van der Waals surface area contributed by atoms with Crippen molar-refractivity contribution in [2.24, 2.45) is 0 Å². The molecule has 7 heteroatoms. The molecule has 0 aliphatic carbocycles. The Bertz CT molecular complexity index is 634. The molecule has 0 saturated heterocycles. The third kappa shape index (κ3) is 5.91. The predicted octanol–water partition coefficient (Wildman–Crippen LogP) is 2.17. The van der Waals surface area contributed by atoms with Crippen LogP contribution in [0.5, 0.6) is 5.75 Å². The van der Waals surface area contributed by atoms with Crippen LogP contribution in [0, 0.1) is 6.92 Å². The fraction of sp³-hybridized carbons (Fsp3) is 0.471. The maximum absolute atomic E-state index is 12.2. The molecule has 1 aromatic rings. The summed E-state index contributed by atoms with van der Waals surface area (Å²) in [6, 6.07) is 4.40. The summed E-state index contributed by atoms with van der Waals surface area (Å²) in [6.07, 6.45) is -1.13. The molecule has 7 nitrogen and oxygen atoms in total. The van der Waals surface area contributed by atoms with E-state index in [1.165, 1.54) is 14.0 Å². The van der Waals surface area contributed by atoms with Gasteiger partial charge in [0.25, 0.3) is 5.91 Å². The van der Waals surface area contributed by atoms with E-state index in [1.54, 1.807) is 39.0 Å². The van der Waals surface area contributed by atoms with E-state index >= 15 is 0 Å². The lowest BCUT2D eigenvalue weighted by atomic mass is 10.1. The topological polar surface area (TPSA) is 93.7 Å². The van der Waals surface area contributed by atoms with Gasteiger partial charge in [-0.2, -0.15) is 0 Å². The molecule has 0 bridgehead atoms. The third-order valence-corrected chi connectivity index (χ3v) is 2.95. The number of ether oxygens (including phenoxy) is 2. The highest BCUT2D eigenvalue weighted by Gasteiger charge is 2.24. The van der Waals surface area contributed by atoms with Crippen LogP contribution in [0.4, 0.5) is 4.79 Å². The SMILES string of the molecule is COc1ccc(C)cc1C(=O)O[C@H](C)C(=O)NC(=O)NC(C)(C)C. The van der Waals surface area contributed by atoms with Crippen molar-refractivity contribution in [3.8, 4) is 5.75 Å². The first-order chi connectivity index (χ1) is 11.0. The van der Waals surface area contributed by atoms with Crippen LogP contribution in [-0.4, -0.2) is 36.7 Å². The maximum atomic E-state index is 12.2. The van der Waals surface area contributed by atoms with Crippen molar-refractivity contribution in [3.63, 3.8) is 0 Å². The van der Waals surface area contributed by atoms with E-state index in [0.717, 1.165) is 5.56 Å². The van der Waals surface area contributed by atoms with Gasteiger partial charge in [-0.3, -0.25) is 10.1 Å². The number of imide groups is 1. The standard InChI is InChI=1S/C17H24N2O5/c1-10-7-8-13(23-6)12(9-10)15(21)24-11(2)14(20)18-16(22)19-17(3,4)5/h7-9,11H,1-6H3,(H2,18,19,20,22)/t11-/m1/s1. The lowest BCUT2D eigenvalue weighted by Gasteiger charge is -2.21. The van der Waals surface area contributed by atoms with Gasteiger partial charge in [0, 0.05) is 5.54 Å². The molecule has 0 radical (unpaired) electrons. The molecule has 0 aliphatic rings. The zero-order valence-corrected chi connectivity index (χ0v) is 14.9. The molecule has 1 rings (SSSR count). The van der Waals surface area contributed by atoms with Crippen molar-refractivity contribution < 1.29 is 23.9 Å². The van der Waals surface area contributed by atoms with Gasteiger partial charge in [0.1, 0.15) is 11.3 Å². The number of hydrogen-bond donors (Lipinski definition) is 2. The van der Waals surface area contributed by atoms with Gasteiger partial charge in [-0.15, -0.1) is 0 Å². The summed E-state index contributed by atoms with van der Waals surface area (Å²) < 4.78 is 10.2. The first-order valence-corrected chi connectivity index (χ1v) is 7.52. The van der Waals surface area contributed by atoms with Gasteiger partial charge in [0.05, 0.1) is 7.11 Å². The van der Waals surface area contributed by atoms with Crippen LogP contribution < -0.4 is 15.4 Å². The van der Waals surface area contributed by atoms with Gasteiger partial charge in [-0.05, 0) is 46.8 Å². The first kappa shape index (κ1) is 19.5. The minimum atomic E-state index is -1.13. The second-order valence-corrected chi connectivity index (χ2v) is 6.44. The summed E-state index contributed by atoms with van der Waals surface area (Å²) in [5.41, 5.74) is 0.583. The smallest absolute Gasteiger partial charge is 0.342 e. The van der Waals surface area contributed by atoms with Crippen LogP contribution in [0.25, 0.3) is 0 Å². The molecule has 1 atom stereocenters. The Balaban J connectivity index is 2.72. The van der Waals surface area contributed by atoms with Gasteiger partial charge in [0.15, 0.2) is 6.10 Å². The fourth-order valence-electron chi connectivity index (χ4n) is 1.84. The Hall–Kier alpha value is -2.57. The number of aryl methyl sites for hydroxylation is 1. The number of amides is 3. The summed E-state index contributed by atoms with van der Waals surface area (Å²) >= 11 is 0. The minimum absolute atomic E-state index is 0.219. The van der Waals surface area contributed by atoms with Gasteiger partial charge in [0.2, 0.25) is 0 Å². The maximum Gasteiger partial charge on any atom is 0.342 e. The molecule has 0 unspecified atom stereocenters. The molecule has 2 N–H and O–H groups in total. The number of methoxy groups -OCH3 is 1. The molecule has 0 heterocycles. The van der Waals surface area contributed by atoms with Crippen LogP contribution >= 0.6 is 0 Å². The van der Waals surface area contributed by atoms with Crippen molar-refractivity contribution in [2.45, 2.75) is 46.3 Å². The average molecular weight is 336 g/mol. The molecule has 132 valence electrons. The molecule has 24 heavy (non-hydrogen) atoms. The largest absolute Gasteiger partial charge is 0.496 e. The molecule has 1 aromatic carbocycles. The Kier molecular flexibility index (Phi) is 6.34. The van der Waals surface area contributed by atoms with Crippen molar-refractivity contribution >= 4 is 17.9 Å². The molecule has 0 spiro atoms. The van der Waals surface area contributed by atoms with E-state index in [9.17, 15) is 14.4 Å². The normalized spacial score (nSPS) is 12.1. The predicted molar refractivity (Wildman–Crippen MR) is 89.0 cm³/mol. The van der Waals surface area contributed by atoms with Crippen molar-refractivity contribution in [3.05, 3.63) is 29.3 Å². The Labute approximate surface area is 141 Å². The van der Waals surface area contributed by atoms with Crippen LogP contribution in [0.3, 0.4) is 0 Å². The number of rotatable bonds is 4. The average Bonchev–Trinajstić information content (AvgIpc) is 2.44. The number of benzene rings is 1. The van der Waals surface area contributed by atoms with Crippen LogP contribution in [0.1, 0.15) is 43.6 Å². The van der Waals surface area contributed by atoms with Crippen LogP contribution in [-0.2, 0) is 9.53 Å². The van der Waals surface area contributed by atoms with E-state index in [-0.39, 0.29) is 5.56 Å². The van der Waals surface area contributed by atoms with E-state index in [4.69, 9.17) is 9.47 Å². The highest BCUT2D eigenvalue weighted by atomic mass is 16.5. The summed E-state index contributed by atoms with van der Waals surface area (Å²) in [5, 5.41) is 4.72. The van der Waals surface area contributed by atoms with Gasteiger partial charge in [-0.1, -0.05) is 11.6 Å². The molecular formula is C17H24N2O5. The van der Waals surface area contributed by atoms with E-state index < -0.39 is 29.6 Å². The number of urea groups is 1. The Morgan fingerprint density at radius 2 is 1.79 bits per heavy atom. The van der Waals surface area contributed by atoms with Gasteiger partial charge in [-0.25, -0.2) is 9.59 Å². The summed E-state index contributed by atoms with van der Waals surface area (Å²) in [4.78, 5) is 35.8. The second-order valence-electron chi connectivity index (χ2n) is 6.44. The molecule has 0 aliphatic heterocycles. The Morgan fingerprint density at radius 3 is 2.33 bits per heavy atom. The van der Waals surface area contributed by atoms with Crippen LogP contribution in [0.15, 0.2) is 18.2 Å². The number of carbonyl (C=O) groups is 3. The van der Waals surface area contributed by atoms with Crippen molar-refractivity contribution in [1.29, 1.82) is 0 Å². The third-order valence-electron chi connectivity index (χ3n) is 2.95. The van der Waals surface area contributed by atoms with E-state index in [2.05, 4.69) is 10.6 Å². The number of nitrogens with one attached hydrogen (secondary N) is 2. The van der Waals surface area contributed by atoms with Gasteiger partial charge >= 0.3 is 12.0 Å². The van der Waals surface area contributed by atoms with Gasteiger partial charge < -0.3 is 14.8 Å². The molecular weight excluding hydrogens is 312 g/mol. The molecule has 3 amide bonds. The highest BCUT2D eigenvalue weighted by molar-refractivity contribution is 5.99. The quantitative estimate of drug-likeness (QED) is 0.822. The second kappa shape index (κ2) is 7.81. The molecule has 0 saturated carbocycles. The monoisotopic (exact) mass is 336 g/mol. The summed E-state index contributed by atoms with van der Waals surface area (Å²) in [5.74, 6) is -1.06. The minimum Gasteiger partial charge on any atom is -0.496 e. The van der Waals surface area contributed by atoms with E-state index in [1.807, 2.05) is 6.92 Å².